The first-order valence-electron chi connectivity index (χ1n) is 11.7. The average molecular weight is 490 g/mol. The van der Waals surface area contributed by atoms with E-state index in [1.54, 1.807) is 48.5 Å². The molecule has 7 heteroatoms. The SMILES string of the molecule is CCOc1ccc(/C(O)=C2\C(=O)C(=O)N(c3cccc(OC)c3)C2c2ccccc2F)cc1C(C)C. The van der Waals surface area contributed by atoms with Gasteiger partial charge in [0.05, 0.1) is 25.3 Å². The van der Waals surface area contributed by atoms with E-state index in [0.29, 0.717) is 29.4 Å². The van der Waals surface area contributed by atoms with Gasteiger partial charge >= 0.3 is 0 Å². The van der Waals surface area contributed by atoms with Gasteiger partial charge in [-0.05, 0) is 54.8 Å². The number of nitrogens with zero attached hydrogens (tertiary/aromatic N) is 1. The number of carbonyl (C=O) groups is 2. The first-order chi connectivity index (χ1) is 17.3. The number of hydrogen-bond donors (Lipinski definition) is 1. The zero-order valence-electron chi connectivity index (χ0n) is 20.6. The fraction of sp³-hybridized carbons (Fsp3) is 0.241. The van der Waals surface area contributed by atoms with Crippen molar-refractivity contribution in [2.24, 2.45) is 0 Å². The highest BCUT2D eigenvalue weighted by molar-refractivity contribution is 6.51. The Morgan fingerprint density at radius 3 is 2.47 bits per heavy atom. The molecule has 4 rings (SSSR count). The molecule has 0 spiro atoms. The smallest absolute Gasteiger partial charge is 0.300 e. The molecule has 3 aromatic rings. The van der Waals surface area contributed by atoms with Gasteiger partial charge in [-0.1, -0.05) is 38.1 Å². The number of aliphatic hydroxyl groups is 1. The Hall–Kier alpha value is -4.13. The fourth-order valence-electron chi connectivity index (χ4n) is 4.44. The summed E-state index contributed by atoms with van der Waals surface area (Å²) in [6.07, 6.45) is 0. The summed E-state index contributed by atoms with van der Waals surface area (Å²) >= 11 is 0. The average Bonchev–Trinajstić information content (AvgIpc) is 3.14. The van der Waals surface area contributed by atoms with Crippen molar-refractivity contribution in [3.63, 3.8) is 0 Å². The number of halogens is 1. The van der Waals surface area contributed by atoms with Gasteiger partial charge in [-0.2, -0.15) is 0 Å². The number of ketones is 1. The number of ether oxygens (including phenoxy) is 2. The normalized spacial score (nSPS) is 17.1. The summed E-state index contributed by atoms with van der Waals surface area (Å²) in [5, 5.41) is 11.4. The first-order valence-corrected chi connectivity index (χ1v) is 11.7. The maximum Gasteiger partial charge on any atom is 0.300 e. The maximum absolute atomic E-state index is 15.1. The Balaban J connectivity index is 1.95. The fourth-order valence-corrected chi connectivity index (χ4v) is 4.44. The van der Waals surface area contributed by atoms with E-state index < -0.39 is 23.5 Å². The first kappa shape index (κ1) is 25.0. The molecule has 1 aliphatic heterocycles. The zero-order valence-corrected chi connectivity index (χ0v) is 20.6. The number of amides is 1. The molecule has 186 valence electrons. The predicted molar refractivity (Wildman–Crippen MR) is 136 cm³/mol. The van der Waals surface area contributed by atoms with Gasteiger partial charge in [0, 0.05) is 22.9 Å². The Labute approximate surface area is 209 Å². The van der Waals surface area contributed by atoms with Gasteiger partial charge in [-0.15, -0.1) is 0 Å². The van der Waals surface area contributed by atoms with Crippen LogP contribution in [0.2, 0.25) is 0 Å². The van der Waals surface area contributed by atoms with Crippen LogP contribution < -0.4 is 14.4 Å². The number of carbonyl (C=O) groups excluding carboxylic acids is 2. The van der Waals surface area contributed by atoms with Crippen LogP contribution in [0.25, 0.3) is 5.76 Å². The molecular weight excluding hydrogens is 461 g/mol. The summed E-state index contributed by atoms with van der Waals surface area (Å²) in [4.78, 5) is 27.9. The van der Waals surface area contributed by atoms with Crippen LogP contribution in [0.5, 0.6) is 11.5 Å². The van der Waals surface area contributed by atoms with Crippen molar-refractivity contribution in [2.75, 3.05) is 18.6 Å². The summed E-state index contributed by atoms with van der Waals surface area (Å²) in [6, 6.07) is 16.4. The Morgan fingerprint density at radius 1 is 1.06 bits per heavy atom. The third kappa shape index (κ3) is 4.44. The van der Waals surface area contributed by atoms with E-state index in [4.69, 9.17) is 9.47 Å². The summed E-state index contributed by atoms with van der Waals surface area (Å²) in [7, 11) is 1.49. The second-order valence-corrected chi connectivity index (χ2v) is 8.73. The van der Waals surface area contributed by atoms with Crippen molar-refractivity contribution >= 4 is 23.1 Å². The van der Waals surface area contributed by atoms with E-state index in [-0.39, 0.29) is 22.8 Å². The standard InChI is InChI=1S/C29H28FNO5/c1-5-36-24-14-13-18(15-22(24)17(2)3)27(32)25-26(21-11-6-7-12-23(21)30)31(29(34)28(25)33)19-9-8-10-20(16-19)35-4/h6-17,26,32H,5H2,1-4H3/b27-25+. The third-order valence-electron chi connectivity index (χ3n) is 6.18. The van der Waals surface area contributed by atoms with Gasteiger partial charge in [-0.3, -0.25) is 14.5 Å². The molecule has 1 atom stereocenters. The number of rotatable bonds is 7. The topological polar surface area (TPSA) is 76.1 Å². The summed E-state index contributed by atoms with van der Waals surface area (Å²) < 4.78 is 26.1. The number of aliphatic hydroxyl groups excluding tert-OH is 1. The highest BCUT2D eigenvalue weighted by atomic mass is 19.1. The molecule has 0 aromatic heterocycles. The van der Waals surface area contributed by atoms with Crippen molar-refractivity contribution in [2.45, 2.75) is 32.7 Å². The molecule has 6 nitrogen and oxygen atoms in total. The van der Waals surface area contributed by atoms with Gasteiger partial charge in [0.1, 0.15) is 23.1 Å². The second-order valence-electron chi connectivity index (χ2n) is 8.73. The van der Waals surface area contributed by atoms with E-state index in [1.165, 1.54) is 30.2 Å². The number of anilines is 1. The van der Waals surface area contributed by atoms with Crippen LogP contribution in [0.1, 0.15) is 49.4 Å². The molecular formula is C29H28FNO5. The molecule has 1 unspecified atom stereocenters. The van der Waals surface area contributed by atoms with E-state index in [1.807, 2.05) is 20.8 Å². The van der Waals surface area contributed by atoms with Crippen LogP contribution >= 0.6 is 0 Å². The monoisotopic (exact) mass is 489 g/mol. The Morgan fingerprint density at radius 2 is 1.81 bits per heavy atom. The van der Waals surface area contributed by atoms with Crippen molar-refractivity contribution in [3.8, 4) is 11.5 Å². The minimum absolute atomic E-state index is 0.0702. The van der Waals surface area contributed by atoms with Crippen molar-refractivity contribution in [3.05, 3.63) is 94.8 Å². The number of Topliss-reactive ketones (excluding diaryl/α,β-unsaturated/α-hetero) is 1. The molecule has 0 saturated carbocycles. The van der Waals surface area contributed by atoms with Crippen molar-refractivity contribution in [1.29, 1.82) is 0 Å². The van der Waals surface area contributed by atoms with Crippen molar-refractivity contribution in [1.82, 2.24) is 0 Å². The van der Waals surface area contributed by atoms with Crippen LogP contribution in [0.3, 0.4) is 0 Å². The predicted octanol–water partition coefficient (Wildman–Crippen LogP) is 5.98. The summed E-state index contributed by atoms with van der Waals surface area (Å²) in [5.74, 6) is -1.53. The van der Waals surface area contributed by atoms with Crippen LogP contribution in [-0.4, -0.2) is 30.5 Å². The minimum Gasteiger partial charge on any atom is -0.507 e. The minimum atomic E-state index is -1.17. The summed E-state index contributed by atoms with van der Waals surface area (Å²) in [6.45, 7) is 6.34. The number of benzene rings is 3. The van der Waals surface area contributed by atoms with E-state index in [0.717, 1.165) is 5.56 Å². The maximum atomic E-state index is 15.1. The van der Waals surface area contributed by atoms with Gasteiger partial charge in [0.2, 0.25) is 0 Å². The highest BCUT2D eigenvalue weighted by Crippen LogP contribution is 2.44. The largest absolute Gasteiger partial charge is 0.507 e. The highest BCUT2D eigenvalue weighted by Gasteiger charge is 2.48. The van der Waals surface area contributed by atoms with Crippen LogP contribution in [0.4, 0.5) is 10.1 Å². The van der Waals surface area contributed by atoms with E-state index >= 15 is 4.39 Å². The molecule has 1 fully saturated rings. The van der Waals surface area contributed by atoms with Crippen LogP contribution in [0.15, 0.2) is 72.3 Å². The molecule has 1 aliphatic rings. The lowest BCUT2D eigenvalue weighted by Crippen LogP contribution is -2.29. The Bertz CT molecular complexity index is 1350. The molecule has 0 bridgehead atoms. The lowest BCUT2D eigenvalue weighted by atomic mass is 9.93. The van der Waals surface area contributed by atoms with Crippen molar-refractivity contribution < 1.29 is 28.6 Å². The Kier molecular flexibility index (Phi) is 7.10. The third-order valence-corrected chi connectivity index (χ3v) is 6.18. The number of hydrogen-bond acceptors (Lipinski definition) is 5. The molecule has 36 heavy (non-hydrogen) atoms. The molecule has 1 saturated heterocycles. The molecule has 0 aliphatic carbocycles. The molecule has 1 heterocycles. The van der Waals surface area contributed by atoms with Gasteiger partial charge < -0.3 is 14.6 Å². The molecule has 3 aromatic carbocycles. The van der Waals surface area contributed by atoms with Crippen LogP contribution in [0, 0.1) is 5.82 Å². The molecule has 0 radical (unpaired) electrons. The van der Waals surface area contributed by atoms with E-state index in [2.05, 4.69) is 0 Å². The van der Waals surface area contributed by atoms with Gasteiger partial charge in [0.15, 0.2) is 0 Å². The molecule has 1 amide bonds. The lowest BCUT2D eigenvalue weighted by molar-refractivity contribution is -0.132. The summed E-state index contributed by atoms with van der Waals surface area (Å²) in [5.41, 5.74) is 1.43. The second kappa shape index (κ2) is 10.2. The number of methoxy groups -OCH3 is 1. The molecule has 1 N–H and O–H groups in total. The lowest BCUT2D eigenvalue weighted by Gasteiger charge is -2.26. The van der Waals surface area contributed by atoms with Gasteiger partial charge in [0.25, 0.3) is 11.7 Å². The van der Waals surface area contributed by atoms with E-state index in [9.17, 15) is 14.7 Å². The van der Waals surface area contributed by atoms with Gasteiger partial charge in [-0.25, -0.2) is 4.39 Å². The quantitative estimate of drug-likeness (QED) is 0.251. The zero-order chi connectivity index (χ0) is 26.0. The van der Waals surface area contributed by atoms with Crippen LogP contribution in [-0.2, 0) is 9.59 Å².